The lowest BCUT2D eigenvalue weighted by Crippen LogP contribution is -2.15. The first-order valence-electron chi connectivity index (χ1n) is 6.68. The molecule has 21 heavy (non-hydrogen) atoms. The Morgan fingerprint density at radius 3 is 2.24 bits per heavy atom. The highest BCUT2D eigenvalue weighted by molar-refractivity contribution is 7.91. The van der Waals surface area contributed by atoms with Crippen LogP contribution in [0, 0.1) is 0 Å². The summed E-state index contributed by atoms with van der Waals surface area (Å²) in [6.07, 6.45) is -4.26. The van der Waals surface area contributed by atoms with Crippen molar-refractivity contribution in [1.29, 1.82) is 0 Å². The van der Waals surface area contributed by atoms with E-state index >= 15 is 0 Å². The molecule has 3 nitrogen and oxygen atoms in total. The highest BCUT2D eigenvalue weighted by Gasteiger charge is 2.29. The summed E-state index contributed by atoms with van der Waals surface area (Å²) in [6.45, 7) is 1.56. The quantitative estimate of drug-likeness (QED) is 0.839. The summed E-state index contributed by atoms with van der Waals surface area (Å²) < 4.78 is 59.7. The summed E-state index contributed by atoms with van der Waals surface area (Å²) in [4.78, 5) is 0. The first kappa shape index (κ1) is 18.0. The number of aliphatic hydroxyl groups is 1. The number of aliphatic hydroxyl groups excluding tert-OH is 1. The van der Waals surface area contributed by atoms with E-state index < -0.39 is 27.7 Å². The molecule has 0 heterocycles. The van der Waals surface area contributed by atoms with Gasteiger partial charge in [-0.1, -0.05) is 19.1 Å². The Balaban J connectivity index is 2.46. The molecule has 0 saturated heterocycles. The van der Waals surface area contributed by atoms with Gasteiger partial charge in [0, 0.05) is 5.75 Å². The van der Waals surface area contributed by atoms with Crippen LogP contribution >= 0.6 is 0 Å². The van der Waals surface area contributed by atoms with Gasteiger partial charge in [0.25, 0.3) is 0 Å². The first-order chi connectivity index (χ1) is 9.64. The van der Waals surface area contributed by atoms with Gasteiger partial charge in [-0.15, -0.1) is 0 Å². The number of rotatable bonds is 7. The second-order valence-corrected chi connectivity index (χ2v) is 7.40. The maximum absolute atomic E-state index is 12.4. The Bertz CT molecular complexity index is 536. The van der Waals surface area contributed by atoms with Crippen molar-refractivity contribution in [1.82, 2.24) is 0 Å². The smallest absolute Gasteiger partial charge is 0.393 e. The molecule has 1 aromatic rings. The van der Waals surface area contributed by atoms with Crippen LogP contribution in [0.25, 0.3) is 0 Å². The van der Waals surface area contributed by atoms with Gasteiger partial charge < -0.3 is 5.11 Å². The van der Waals surface area contributed by atoms with E-state index in [1.807, 2.05) is 0 Å². The first-order valence-corrected chi connectivity index (χ1v) is 8.51. The molecule has 1 rings (SSSR count). The van der Waals surface area contributed by atoms with Gasteiger partial charge >= 0.3 is 6.18 Å². The Morgan fingerprint density at radius 1 is 1.19 bits per heavy atom. The van der Waals surface area contributed by atoms with Gasteiger partial charge in [0.05, 0.1) is 17.4 Å². The molecule has 7 heteroatoms. The van der Waals surface area contributed by atoms with Gasteiger partial charge in [-0.25, -0.2) is 8.42 Å². The van der Waals surface area contributed by atoms with Crippen molar-refractivity contribution < 1.29 is 26.7 Å². The van der Waals surface area contributed by atoms with Crippen LogP contribution in [-0.2, 0) is 22.4 Å². The zero-order valence-electron chi connectivity index (χ0n) is 11.7. The summed E-state index contributed by atoms with van der Waals surface area (Å²) in [5.41, 5.74) is -0.136. The molecule has 0 aliphatic carbocycles. The average Bonchev–Trinajstić information content (AvgIpc) is 2.38. The molecular weight excluding hydrogens is 305 g/mol. The molecule has 0 aliphatic heterocycles. The topological polar surface area (TPSA) is 54.4 Å². The molecular formula is C14H19F3O3S. The number of alkyl halides is 3. The standard InChI is InChI=1S/C14H19F3O3S/c1-2-21(19,20)9-3-4-13(18)10-11-5-7-12(8-6-11)14(15,16)17/h5-8,13,18H,2-4,9-10H2,1H3. The normalized spacial score (nSPS) is 14.1. The maximum atomic E-state index is 12.4. The van der Waals surface area contributed by atoms with Crippen LogP contribution < -0.4 is 0 Å². The van der Waals surface area contributed by atoms with Crippen molar-refractivity contribution in [2.75, 3.05) is 11.5 Å². The molecule has 1 atom stereocenters. The molecule has 0 saturated carbocycles. The molecule has 0 aliphatic rings. The minimum atomic E-state index is -4.37. The van der Waals surface area contributed by atoms with Gasteiger partial charge in [-0.05, 0) is 37.0 Å². The maximum Gasteiger partial charge on any atom is 0.416 e. The molecule has 0 fully saturated rings. The van der Waals surface area contributed by atoms with Crippen molar-refractivity contribution in [2.45, 2.75) is 38.5 Å². The van der Waals surface area contributed by atoms with Crippen LogP contribution in [-0.4, -0.2) is 31.1 Å². The lowest BCUT2D eigenvalue weighted by molar-refractivity contribution is -0.137. The number of hydrogen-bond donors (Lipinski definition) is 1. The molecule has 0 radical (unpaired) electrons. The molecule has 0 aromatic heterocycles. The van der Waals surface area contributed by atoms with E-state index in [1.165, 1.54) is 12.1 Å². The van der Waals surface area contributed by atoms with Gasteiger partial charge in [-0.2, -0.15) is 13.2 Å². The molecule has 0 spiro atoms. The van der Waals surface area contributed by atoms with Gasteiger partial charge in [0.1, 0.15) is 9.84 Å². The van der Waals surface area contributed by atoms with E-state index in [1.54, 1.807) is 6.92 Å². The Labute approximate surface area is 122 Å². The largest absolute Gasteiger partial charge is 0.416 e. The summed E-state index contributed by atoms with van der Waals surface area (Å²) >= 11 is 0. The monoisotopic (exact) mass is 324 g/mol. The van der Waals surface area contributed by atoms with E-state index in [2.05, 4.69) is 0 Å². The van der Waals surface area contributed by atoms with Crippen LogP contribution in [0.4, 0.5) is 13.2 Å². The highest BCUT2D eigenvalue weighted by atomic mass is 32.2. The van der Waals surface area contributed by atoms with Crippen molar-refractivity contribution in [3.8, 4) is 0 Å². The Kier molecular flexibility index (Phi) is 6.22. The minimum absolute atomic E-state index is 0.0214. The molecule has 120 valence electrons. The zero-order chi connectivity index (χ0) is 16.1. The lowest BCUT2D eigenvalue weighted by atomic mass is 10.0. The Hall–Kier alpha value is -1.08. The fraction of sp³-hybridized carbons (Fsp3) is 0.571. The van der Waals surface area contributed by atoms with Crippen molar-refractivity contribution in [3.63, 3.8) is 0 Å². The second-order valence-electron chi connectivity index (χ2n) is 4.93. The summed E-state index contributed by atoms with van der Waals surface area (Å²) in [5.74, 6) is 0.0928. The molecule has 1 N–H and O–H groups in total. The van der Waals surface area contributed by atoms with Gasteiger partial charge in [0.2, 0.25) is 0 Å². The molecule has 0 amide bonds. The van der Waals surface area contributed by atoms with Crippen molar-refractivity contribution in [3.05, 3.63) is 35.4 Å². The predicted molar refractivity (Wildman–Crippen MR) is 74.7 cm³/mol. The molecule has 1 unspecified atom stereocenters. The lowest BCUT2D eigenvalue weighted by Gasteiger charge is -2.12. The molecule has 1 aromatic carbocycles. The van der Waals surface area contributed by atoms with Gasteiger partial charge in [-0.3, -0.25) is 0 Å². The van der Waals surface area contributed by atoms with Crippen LogP contribution in [0.2, 0.25) is 0 Å². The van der Waals surface area contributed by atoms with E-state index in [0.29, 0.717) is 18.4 Å². The SMILES string of the molecule is CCS(=O)(=O)CCCC(O)Cc1ccc(C(F)(F)F)cc1. The third kappa shape index (κ3) is 6.48. The fourth-order valence-corrected chi connectivity index (χ4v) is 2.78. The fourth-order valence-electron chi connectivity index (χ4n) is 1.89. The molecule has 0 bridgehead atoms. The van der Waals surface area contributed by atoms with E-state index in [0.717, 1.165) is 12.1 Å². The van der Waals surface area contributed by atoms with E-state index in [9.17, 15) is 26.7 Å². The van der Waals surface area contributed by atoms with E-state index in [4.69, 9.17) is 0 Å². The number of benzene rings is 1. The van der Waals surface area contributed by atoms with Crippen molar-refractivity contribution >= 4 is 9.84 Å². The Morgan fingerprint density at radius 2 is 1.76 bits per heavy atom. The zero-order valence-corrected chi connectivity index (χ0v) is 12.5. The highest BCUT2D eigenvalue weighted by Crippen LogP contribution is 2.29. The van der Waals surface area contributed by atoms with Crippen LogP contribution in [0.3, 0.4) is 0 Å². The summed E-state index contributed by atoms with van der Waals surface area (Å²) in [5, 5.41) is 9.78. The number of sulfone groups is 1. The second kappa shape index (κ2) is 7.26. The number of hydrogen-bond acceptors (Lipinski definition) is 3. The minimum Gasteiger partial charge on any atom is -0.393 e. The number of halogens is 3. The van der Waals surface area contributed by atoms with E-state index in [-0.39, 0.29) is 17.9 Å². The summed E-state index contributed by atoms with van der Waals surface area (Å²) in [6, 6.07) is 4.61. The predicted octanol–water partition coefficient (Wildman–Crippen LogP) is 2.82. The third-order valence-electron chi connectivity index (χ3n) is 3.19. The van der Waals surface area contributed by atoms with Crippen LogP contribution in [0.5, 0.6) is 0 Å². The van der Waals surface area contributed by atoms with Crippen molar-refractivity contribution in [2.24, 2.45) is 0 Å². The van der Waals surface area contributed by atoms with Crippen LogP contribution in [0.1, 0.15) is 30.9 Å². The van der Waals surface area contributed by atoms with Gasteiger partial charge in [0.15, 0.2) is 0 Å². The third-order valence-corrected chi connectivity index (χ3v) is 4.98. The average molecular weight is 324 g/mol. The van der Waals surface area contributed by atoms with Crippen LogP contribution in [0.15, 0.2) is 24.3 Å². The summed E-state index contributed by atoms with van der Waals surface area (Å²) in [7, 11) is -3.05.